The molecule has 8 heteroatoms. The van der Waals surface area contributed by atoms with Gasteiger partial charge in [-0.05, 0) is 17.7 Å². The highest BCUT2D eigenvalue weighted by Crippen LogP contribution is 2.32. The average Bonchev–Trinajstić information content (AvgIpc) is 2.94. The molecule has 0 aromatic heterocycles. The Hall–Kier alpha value is -1.96. The summed E-state index contributed by atoms with van der Waals surface area (Å²) in [6.45, 7) is 1.81. The van der Waals surface area contributed by atoms with Gasteiger partial charge in [0, 0.05) is 32.7 Å². The number of carbonyl (C=O) groups is 1. The van der Waals surface area contributed by atoms with Crippen LogP contribution in [0.4, 0.5) is 13.2 Å². The van der Waals surface area contributed by atoms with Gasteiger partial charge in [-0.25, -0.2) is 0 Å². The quantitative estimate of drug-likeness (QED) is 0.831. The molecule has 1 saturated heterocycles. The van der Waals surface area contributed by atoms with E-state index in [1.807, 2.05) is 23.1 Å². The van der Waals surface area contributed by atoms with Crippen molar-refractivity contribution >= 4 is 5.91 Å². The maximum absolute atomic E-state index is 12.4. The van der Waals surface area contributed by atoms with E-state index >= 15 is 0 Å². The molecule has 1 aromatic carbocycles. The highest BCUT2D eigenvalue weighted by atomic mass is 19.4. The number of nitrogens with zero attached hydrogens (tertiary/aromatic N) is 2. The van der Waals surface area contributed by atoms with Crippen LogP contribution in [0.2, 0.25) is 0 Å². The van der Waals surface area contributed by atoms with Gasteiger partial charge in [0.1, 0.15) is 0 Å². The molecule has 1 amide bonds. The summed E-state index contributed by atoms with van der Waals surface area (Å²) in [7, 11) is 0. The van der Waals surface area contributed by atoms with Crippen LogP contribution in [0.3, 0.4) is 0 Å². The molecule has 0 aliphatic carbocycles. The van der Waals surface area contributed by atoms with Crippen molar-refractivity contribution in [2.45, 2.75) is 12.7 Å². The molecule has 5 nitrogen and oxygen atoms in total. The number of fused-ring (bicyclic) bond motifs is 1. The van der Waals surface area contributed by atoms with Gasteiger partial charge in [-0.3, -0.25) is 9.69 Å². The molecule has 22 heavy (non-hydrogen) atoms. The van der Waals surface area contributed by atoms with Gasteiger partial charge in [0.25, 0.3) is 0 Å². The molecule has 0 atom stereocenters. The zero-order valence-corrected chi connectivity index (χ0v) is 11.7. The molecule has 1 aromatic rings. The van der Waals surface area contributed by atoms with Crippen molar-refractivity contribution in [3.05, 3.63) is 23.8 Å². The summed E-state index contributed by atoms with van der Waals surface area (Å²) in [6.07, 6.45) is -4.79. The highest BCUT2D eigenvalue weighted by molar-refractivity contribution is 5.81. The molecule has 0 N–H and O–H groups in total. The van der Waals surface area contributed by atoms with Crippen LogP contribution in [0.25, 0.3) is 0 Å². The first kappa shape index (κ1) is 15.0. The minimum Gasteiger partial charge on any atom is -0.454 e. The zero-order chi connectivity index (χ0) is 15.7. The normalized spacial score (nSPS) is 18.6. The molecular formula is C14H15F3N2O3. The highest BCUT2D eigenvalue weighted by Gasteiger charge is 2.43. The lowest BCUT2D eigenvalue weighted by atomic mass is 10.1. The summed E-state index contributed by atoms with van der Waals surface area (Å²) < 4.78 is 47.6. The maximum atomic E-state index is 12.4. The summed E-state index contributed by atoms with van der Waals surface area (Å²) in [5, 5.41) is 0. The van der Waals surface area contributed by atoms with Crippen molar-refractivity contribution in [2.24, 2.45) is 0 Å². The van der Waals surface area contributed by atoms with Crippen molar-refractivity contribution in [1.29, 1.82) is 0 Å². The van der Waals surface area contributed by atoms with Gasteiger partial charge in [0.05, 0.1) is 0 Å². The van der Waals surface area contributed by atoms with E-state index in [1.165, 1.54) is 0 Å². The fourth-order valence-electron chi connectivity index (χ4n) is 2.59. The van der Waals surface area contributed by atoms with Crippen LogP contribution < -0.4 is 9.47 Å². The minimum absolute atomic E-state index is 0.0862. The topological polar surface area (TPSA) is 42.0 Å². The van der Waals surface area contributed by atoms with Crippen molar-refractivity contribution in [3.8, 4) is 11.5 Å². The second kappa shape index (κ2) is 5.68. The Labute approximate surface area is 125 Å². The SMILES string of the molecule is O=C(N1CCN(Cc2ccc3c(c2)OCO3)CC1)C(F)(F)F. The Morgan fingerprint density at radius 2 is 1.77 bits per heavy atom. The molecule has 0 unspecified atom stereocenters. The largest absolute Gasteiger partial charge is 0.471 e. The first-order chi connectivity index (χ1) is 10.4. The summed E-state index contributed by atoms with van der Waals surface area (Å²) in [5.41, 5.74) is 1.000. The molecular weight excluding hydrogens is 301 g/mol. The van der Waals surface area contributed by atoms with E-state index in [0.29, 0.717) is 31.1 Å². The Kier molecular flexibility index (Phi) is 3.86. The van der Waals surface area contributed by atoms with Gasteiger partial charge in [-0.2, -0.15) is 13.2 Å². The molecule has 0 saturated carbocycles. The van der Waals surface area contributed by atoms with Gasteiger partial charge in [-0.1, -0.05) is 6.07 Å². The lowest BCUT2D eigenvalue weighted by Gasteiger charge is -2.35. The number of amides is 1. The van der Waals surface area contributed by atoms with Crippen LogP contribution in [-0.4, -0.2) is 54.9 Å². The van der Waals surface area contributed by atoms with E-state index in [9.17, 15) is 18.0 Å². The summed E-state index contributed by atoms with van der Waals surface area (Å²) in [6, 6.07) is 5.59. The predicted octanol–water partition coefficient (Wildman–Crippen LogP) is 1.62. The Balaban J connectivity index is 1.55. The van der Waals surface area contributed by atoms with Crippen LogP contribution in [0, 0.1) is 0 Å². The van der Waals surface area contributed by atoms with Crippen LogP contribution in [0.15, 0.2) is 18.2 Å². The van der Waals surface area contributed by atoms with E-state index < -0.39 is 12.1 Å². The summed E-state index contributed by atoms with van der Waals surface area (Å²) in [5.74, 6) is -0.372. The monoisotopic (exact) mass is 316 g/mol. The third-order valence-corrected chi connectivity index (χ3v) is 3.75. The Bertz CT molecular complexity index is 569. The smallest absolute Gasteiger partial charge is 0.454 e. The number of ether oxygens (including phenoxy) is 2. The van der Waals surface area contributed by atoms with Gasteiger partial charge in [0.15, 0.2) is 11.5 Å². The number of rotatable bonds is 2. The molecule has 2 aliphatic rings. The number of piperazine rings is 1. The average molecular weight is 316 g/mol. The zero-order valence-electron chi connectivity index (χ0n) is 11.7. The lowest BCUT2D eigenvalue weighted by molar-refractivity contribution is -0.187. The van der Waals surface area contributed by atoms with Gasteiger partial charge < -0.3 is 14.4 Å². The van der Waals surface area contributed by atoms with Crippen LogP contribution in [-0.2, 0) is 11.3 Å². The first-order valence-electron chi connectivity index (χ1n) is 6.90. The van der Waals surface area contributed by atoms with E-state index in [-0.39, 0.29) is 19.9 Å². The van der Waals surface area contributed by atoms with Gasteiger partial charge in [-0.15, -0.1) is 0 Å². The molecule has 1 fully saturated rings. The lowest BCUT2D eigenvalue weighted by Crippen LogP contribution is -2.52. The van der Waals surface area contributed by atoms with E-state index in [2.05, 4.69) is 0 Å². The number of halogens is 3. The van der Waals surface area contributed by atoms with Crippen LogP contribution in [0.1, 0.15) is 5.56 Å². The summed E-state index contributed by atoms with van der Waals surface area (Å²) in [4.78, 5) is 14.0. The van der Waals surface area contributed by atoms with Crippen molar-refractivity contribution in [3.63, 3.8) is 0 Å². The van der Waals surface area contributed by atoms with Gasteiger partial charge in [0.2, 0.25) is 6.79 Å². The third kappa shape index (κ3) is 3.11. The first-order valence-corrected chi connectivity index (χ1v) is 6.90. The third-order valence-electron chi connectivity index (χ3n) is 3.75. The minimum atomic E-state index is -4.79. The predicted molar refractivity (Wildman–Crippen MR) is 70.5 cm³/mol. The van der Waals surface area contributed by atoms with Crippen molar-refractivity contribution < 1.29 is 27.4 Å². The number of hydrogen-bond acceptors (Lipinski definition) is 4. The second-order valence-electron chi connectivity index (χ2n) is 5.25. The number of benzene rings is 1. The fraction of sp³-hybridized carbons (Fsp3) is 0.500. The van der Waals surface area contributed by atoms with Gasteiger partial charge >= 0.3 is 12.1 Å². The summed E-state index contributed by atoms with van der Waals surface area (Å²) >= 11 is 0. The standard InChI is InChI=1S/C14H15F3N2O3/c15-14(16,17)13(20)19-5-3-18(4-6-19)8-10-1-2-11-12(7-10)22-9-21-11/h1-2,7H,3-6,8-9H2. The number of carbonyl (C=O) groups excluding carboxylic acids is 1. The molecule has 3 rings (SSSR count). The maximum Gasteiger partial charge on any atom is 0.471 e. The Morgan fingerprint density at radius 3 is 2.45 bits per heavy atom. The molecule has 0 spiro atoms. The molecule has 2 heterocycles. The molecule has 0 radical (unpaired) electrons. The number of hydrogen-bond donors (Lipinski definition) is 0. The molecule has 120 valence electrons. The van der Waals surface area contributed by atoms with E-state index in [0.717, 1.165) is 10.5 Å². The van der Waals surface area contributed by atoms with E-state index in [1.54, 1.807) is 0 Å². The Morgan fingerprint density at radius 1 is 1.09 bits per heavy atom. The van der Waals surface area contributed by atoms with E-state index in [4.69, 9.17) is 9.47 Å². The van der Waals surface area contributed by atoms with Crippen LogP contribution >= 0.6 is 0 Å². The van der Waals surface area contributed by atoms with Crippen LogP contribution in [0.5, 0.6) is 11.5 Å². The number of alkyl halides is 3. The molecule has 2 aliphatic heterocycles. The van der Waals surface area contributed by atoms with Crippen molar-refractivity contribution in [1.82, 2.24) is 9.80 Å². The molecule has 0 bridgehead atoms. The second-order valence-corrected chi connectivity index (χ2v) is 5.25. The van der Waals surface area contributed by atoms with Crippen molar-refractivity contribution in [2.75, 3.05) is 33.0 Å². The fourth-order valence-corrected chi connectivity index (χ4v) is 2.59.